The number of fused-ring (bicyclic) bond motifs is 1. The van der Waals surface area contributed by atoms with Crippen LogP contribution in [0.4, 0.5) is 5.69 Å². The Balaban J connectivity index is 1.77. The minimum absolute atomic E-state index is 0.0265. The molecule has 2 aromatic rings. The summed E-state index contributed by atoms with van der Waals surface area (Å²) in [6, 6.07) is 14.2. The molecular formula is C17H15NO3. The number of rotatable bonds is 3. The SMILES string of the molecule is O=C1c2ccccc2CCC1Cc1ccc([N+](=O)[O-])cc1. The van der Waals surface area contributed by atoms with Gasteiger partial charge in [-0.2, -0.15) is 0 Å². The number of benzene rings is 2. The Bertz CT molecular complexity index is 691. The summed E-state index contributed by atoms with van der Waals surface area (Å²) in [5.41, 5.74) is 3.01. The number of hydrogen-bond donors (Lipinski definition) is 0. The summed E-state index contributed by atoms with van der Waals surface area (Å²) in [6.45, 7) is 0. The molecule has 0 aromatic heterocycles. The van der Waals surface area contributed by atoms with Crippen molar-refractivity contribution in [2.45, 2.75) is 19.3 Å². The number of carbonyl (C=O) groups is 1. The fourth-order valence-corrected chi connectivity index (χ4v) is 2.89. The molecule has 1 atom stereocenters. The number of non-ortho nitro benzene ring substituents is 1. The van der Waals surface area contributed by atoms with Crippen LogP contribution in [0.15, 0.2) is 48.5 Å². The van der Waals surface area contributed by atoms with E-state index in [2.05, 4.69) is 0 Å². The van der Waals surface area contributed by atoms with E-state index in [4.69, 9.17) is 0 Å². The van der Waals surface area contributed by atoms with E-state index >= 15 is 0 Å². The summed E-state index contributed by atoms with van der Waals surface area (Å²) < 4.78 is 0. The number of nitro groups is 1. The quantitative estimate of drug-likeness (QED) is 0.638. The van der Waals surface area contributed by atoms with E-state index in [9.17, 15) is 14.9 Å². The molecule has 0 saturated carbocycles. The lowest BCUT2D eigenvalue weighted by atomic mass is 9.80. The lowest BCUT2D eigenvalue weighted by Crippen LogP contribution is -2.24. The minimum Gasteiger partial charge on any atom is -0.294 e. The summed E-state index contributed by atoms with van der Waals surface area (Å²) in [7, 11) is 0. The third-order valence-electron chi connectivity index (χ3n) is 4.05. The molecule has 0 amide bonds. The van der Waals surface area contributed by atoms with Crippen LogP contribution in [0.1, 0.15) is 27.9 Å². The number of carbonyl (C=O) groups excluding carboxylic acids is 1. The maximum atomic E-state index is 12.5. The molecule has 4 nitrogen and oxygen atoms in total. The largest absolute Gasteiger partial charge is 0.294 e. The van der Waals surface area contributed by atoms with Crippen LogP contribution in [0.25, 0.3) is 0 Å². The molecule has 0 spiro atoms. The molecule has 0 saturated heterocycles. The van der Waals surface area contributed by atoms with Gasteiger partial charge in [-0.05, 0) is 30.4 Å². The van der Waals surface area contributed by atoms with Gasteiger partial charge >= 0.3 is 0 Å². The first-order valence-corrected chi connectivity index (χ1v) is 7.00. The van der Waals surface area contributed by atoms with E-state index in [0.29, 0.717) is 6.42 Å². The molecule has 1 unspecified atom stereocenters. The fraction of sp³-hybridized carbons (Fsp3) is 0.235. The Kier molecular flexibility index (Phi) is 3.52. The van der Waals surface area contributed by atoms with Crippen LogP contribution in [0.5, 0.6) is 0 Å². The van der Waals surface area contributed by atoms with Crippen molar-refractivity contribution in [3.63, 3.8) is 0 Å². The average molecular weight is 281 g/mol. The van der Waals surface area contributed by atoms with Crippen molar-refractivity contribution in [2.24, 2.45) is 5.92 Å². The zero-order valence-corrected chi connectivity index (χ0v) is 11.5. The van der Waals surface area contributed by atoms with Gasteiger partial charge in [-0.1, -0.05) is 36.4 Å². The van der Waals surface area contributed by atoms with Gasteiger partial charge in [0.1, 0.15) is 0 Å². The molecule has 21 heavy (non-hydrogen) atoms. The lowest BCUT2D eigenvalue weighted by Gasteiger charge is -2.23. The van der Waals surface area contributed by atoms with E-state index in [1.807, 2.05) is 24.3 Å². The van der Waals surface area contributed by atoms with Crippen LogP contribution in [-0.2, 0) is 12.8 Å². The second kappa shape index (κ2) is 5.48. The highest BCUT2D eigenvalue weighted by atomic mass is 16.6. The van der Waals surface area contributed by atoms with E-state index in [0.717, 1.165) is 29.5 Å². The van der Waals surface area contributed by atoms with Crippen molar-refractivity contribution in [2.75, 3.05) is 0 Å². The molecule has 0 heterocycles. The topological polar surface area (TPSA) is 60.2 Å². The molecule has 3 rings (SSSR count). The van der Waals surface area contributed by atoms with Gasteiger partial charge in [-0.25, -0.2) is 0 Å². The summed E-state index contributed by atoms with van der Waals surface area (Å²) in [5, 5.41) is 10.6. The third-order valence-corrected chi connectivity index (χ3v) is 4.05. The summed E-state index contributed by atoms with van der Waals surface area (Å²) >= 11 is 0. The van der Waals surface area contributed by atoms with E-state index < -0.39 is 4.92 Å². The second-order valence-electron chi connectivity index (χ2n) is 5.38. The van der Waals surface area contributed by atoms with Crippen LogP contribution >= 0.6 is 0 Å². The fourth-order valence-electron chi connectivity index (χ4n) is 2.89. The third kappa shape index (κ3) is 2.70. The maximum Gasteiger partial charge on any atom is 0.269 e. The van der Waals surface area contributed by atoms with Gasteiger partial charge in [0.15, 0.2) is 5.78 Å². The van der Waals surface area contributed by atoms with Crippen molar-refractivity contribution in [1.29, 1.82) is 0 Å². The Morgan fingerprint density at radius 3 is 2.52 bits per heavy atom. The van der Waals surface area contributed by atoms with Gasteiger partial charge < -0.3 is 0 Å². The Labute approximate surface area is 122 Å². The van der Waals surface area contributed by atoms with Gasteiger partial charge in [-0.3, -0.25) is 14.9 Å². The lowest BCUT2D eigenvalue weighted by molar-refractivity contribution is -0.384. The molecule has 106 valence electrons. The second-order valence-corrected chi connectivity index (χ2v) is 5.38. The first-order valence-electron chi connectivity index (χ1n) is 7.00. The average Bonchev–Trinajstić information content (AvgIpc) is 2.51. The van der Waals surface area contributed by atoms with Crippen molar-refractivity contribution in [3.8, 4) is 0 Å². The molecule has 2 aromatic carbocycles. The monoisotopic (exact) mass is 281 g/mol. The maximum absolute atomic E-state index is 12.5. The predicted octanol–water partition coefficient (Wildman–Crippen LogP) is 3.58. The van der Waals surface area contributed by atoms with Crippen molar-refractivity contribution in [3.05, 3.63) is 75.3 Å². The highest BCUT2D eigenvalue weighted by molar-refractivity contribution is 6.00. The molecule has 1 aliphatic carbocycles. The molecular weight excluding hydrogens is 266 g/mol. The zero-order valence-electron chi connectivity index (χ0n) is 11.5. The number of Topliss-reactive ketones (excluding diaryl/α,β-unsaturated/α-hetero) is 1. The molecule has 1 aliphatic rings. The van der Waals surface area contributed by atoms with Crippen LogP contribution in [-0.4, -0.2) is 10.7 Å². The first kappa shape index (κ1) is 13.5. The normalized spacial score (nSPS) is 17.3. The Hall–Kier alpha value is -2.49. The number of hydrogen-bond acceptors (Lipinski definition) is 3. The summed E-state index contributed by atoms with van der Waals surface area (Å²) in [4.78, 5) is 22.7. The molecule has 4 heteroatoms. The van der Waals surface area contributed by atoms with Gasteiger partial charge in [0.05, 0.1) is 4.92 Å². The van der Waals surface area contributed by atoms with Crippen molar-refractivity contribution < 1.29 is 9.72 Å². The highest BCUT2D eigenvalue weighted by Crippen LogP contribution is 2.28. The number of ketones is 1. The van der Waals surface area contributed by atoms with Gasteiger partial charge in [-0.15, -0.1) is 0 Å². The zero-order chi connectivity index (χ0) is 14.8. The molecule has 0 radical (unpaired) electrons. The Morgan fingerprint density at radius 2 is 1.81 bits per heavy atom. The number of nitro benzene ring substituents is 1. The molecule has 0 bridgehead atoms. The standard InChI is InChI=1S/C17H15NO3/c19-17-14(8-7-13-3-1-2-4-16(13)17)11-12-5-9-15(10-6-12)18(20)21/h1-6,9-10,14H,7-8,11H2. The molecule has 0 fully saturated rings. The summed E-state index contributed by atoms with van der Waals surface area (Å²) in [5.74, 6) is 0.163. The number of nitrogens with zero attached hydrogens (tertiary/aromatic N) is 1. The van der Waals surface area contributed by atoms with Gasteiger partial charge in [0.25, 0.3) is 5.69 Å². The van der Waals surface area contributed by atoms with Gasteiger partial charge in [0.2, 0.25) is 0 Å². The van der Waals surface area contributed by atoms with Crippen molar-refractivity contribution >= 4 is 11.5 Å². The molecule has 0 aliphatic heterocycles. The van der Waals surface area contributed by atoms with E-state index in [1.165, 1.54) is 12.1 Å². The first-order chi connectivity index (χ1) is 10.1. The van der Waals surface area contributed by atoms with Gasteiger partial charge in [0, 0.05) is 23.6 Å². The van der Waals surface area contributed by atoms with Crippen molar-refractivity contribution in [1.82, 2.24) is 0 Å². The van der Waals surface area contributed by atoms with Crippen LogP contribution in [0.3, 0.4) is 0 Å². The van der Waals surface area contributed by atoms with Crippen LogP contribution in [0, 0.1) is 16.0 Å². The predicted molar refractivity (Wildman–Crippen MR) is 79.4 cm³/mol. The molecule has 0 N–H and O–H groups in total. The van der Waals surface area contributed by atoms with E-state index in [1.54, 1.807) is 12.1 Å². The smallest absolute Gasteiger partial charge is 0.269 e. The minimum atomic E-state index is -0.411. The summed E-state index contributed by atoms with van der Waals surface area (Å²) in [6.07, 6.45) is 2.40. The van der Waals surface area contributed by atoms with Crippen LogP contribution < -0.4 is 0 Å². The number of aryl methyl sites for hydroxylation is 1. The van der Waals surface area contributed by atoms with Crippen LogP contribution in [0.2, 0.25) is 0 Å². The highest BCUT2D eigenvalue weighted by Gasteiger charge is 2.27. The van der Waals surface area contributed by atoms with E-state index in [-0.39, 0.29) is 17.4 Å². The Morgan fingerprint density at radius 1 is 1.10 bits per heavy atom.